The third kappa shape index (κ3) is 7.05. The van der Waals surface area contributed by atoms with Crippen LogP contribution >= 0.6 is 23.1 Å². The van der Waals surface area contributed by atoms with Crippen LogP contribution in [-0.4, -0.2) is 43.9 Å². The lowest BCUT2D eigenvalue weighted by Crippen LogP contribution is -2.25. The minimum absolute atomic E-state index is 0.178. The van der Waals surface area contributed by atoms with Gasteiger partial charge in [0.25, 0.3) is 5.91 Å². The number of amides is 2. The minimum Gasteiger partial charge on any atom is -0.496 e. The zero-order valence-electron chi connectivity index (χ0n) is 24.0. The van der Waals surface area contributed by atoms with Crippen LogP contribution in [0.1, 0.15) is 64.8 Å². The zero-order valence-corrected chi connectivity index (χ0v) is 25.6. The molecule has 0 fully saturated rings. The largest absolute Gasteiger partial charge is 0.496 e. The maximum Gasteiger partial charge on any atom is 0.341 e. The van der Waals surface area contributed by atoms with Crippen LogP contribution < -0.4 is 20.1 Å². The van der Waals surface area contributed by atoms with Crippen LogP contribution in [0.3, 0.4) is 0 Å². The number of carbonyl (C=O) groups excluding carboxylic acids is 3. The average molecular weight is 597 g/mol. The van der Waals surface area contributed by atoms with Crippen LogP contribution in [0.4, 0.5) is 10.7 Å². The SMILES string of the molecule is CCOC(=O)c1c(NC(=O)C(CC)Sc2cccc(NC(=O)c3c(OC)cccc3OC)c2)sc2c1CCC(C)C2. The molecule has 1 aliphatic carbocycles. The second kappa shape index (κ2) is 13.9. The number of fused-ring (bicyclic) bond motifs is 1. The van der Waals surface area contributed by atoms with E-state index >= 15 is 0 Å². The Hall–Kier alpha value is -3.50. The van der Waals surface area contributed by atoms with Crippen LogP contribution in [-0.2, 0) is 22.4 Å². The van der Waals surface area contributed by atoms with Crippen molar-refractivity contribution in [3.8, 4) is 11.5 Å². The molecule has 0 saturated carbocycles. The number of nitrogens with one attached hydrogen (secondary N) is 2. The fourth-order valence-corrected chi connectivity index (χ4v) is 7.27. The van der Waals surface area contributed by atoms with Crippen molar-refractivity contribution in [3.63, 3.8) is 0 Å². The van der Waals surface area contributed by atoms with E-state index in [1.807, 2.05) is 25.1 Å². The van der Waals surface area contributed by atoms with Crippen molar-refractivity contribution in [2.45, 2.75) is 56.6 Å². The molecule has 0 aliphatic heterocycles. The first-order valence-corrected chi connectivity index (χ1v) is 15.4. The highest BCUT2D eigenvalue weighted by atomic mass is 32.2. The first kappa shape index (κ1) is 30.5. The highest BCUT2D eigenvalue weighted by Gasteiger charge is 2.30. The molecular weight excluding hydrogens is 560 g/mol. The molecule has 41 heavy (non-hydrogen) atoms. The van der Waals surface area contributed by atoms with Gasteiger partial charge in [-0.05, 0) is 74.4 Å². The average Bonchev–Trinajstić information content (AvgIpc) is 3.32. The molecule has 2 unspecified atom stereocenters. The highest BCUT2D eigenvalue weighted by Crippen LogP contribution is 2.41. The molecule has 0 saturated heterocycles. The monoisotopic (exact) mass is 596 g/mol. The Bertz CT molecular complexity index is 1400. The lowest BCUT2D eigenvalue weighted by molar-refractivity contribution is -0.115. The topological polar surface area (TPSA) is 103 Å². The van der Waals surface area contributed by atoms with Crippen molar-refractivity contribution < 1.29 is 28.6 Å². The van der Waals surface area contributed by atoms with Gasteiger partial charge in [0.2, 0.25) is 5.91 Å². The number of esters is 1. The summed E-state index contributed by atoms with van der Waals surface area (Å²) in [6.45, 7) is 6.21. The van der Waals surface area contributed by atoms with Crippen molar-refractivity contribution >= 4 is 51.6 Å². The predicted octanol–water partition coefficient (Wildman–Crippen LogP) is 6.83. The maximum atomic E-state index is 13.5. The number of anilines is 2. The summed E-state index contributed by atoms with van der Waals surface area (Å²) >= 11 is 2.89. The van der Waals surface area contributed by atoms with E-state index in [1.54, 1.807) is 31.2 Å². The normalized spacial score (nSPS) is 14.9. The van der Waals surface area contributed by atoms with Crippen molar-refractivity contribution in [3.05, 3.63) is 64.0 Å². The number of methoxy groups -OCH3 is 2. The highest BCUT2D eigenvalue weighted by molar-refractivity contribution is 8.00. The standard InChI is InChI=1S/C31H36N2O6S2/c1-6-24(28(34)33-30-26(31(36)39-7-2)21-15-14-18(3)16-25(21)41-30)40-20-11-8-10-19(17-20)32-29(35)27-22(37-4)12-9-13-23(27)38-5/h8-13,17-18,24H,6-7,14-16H2,1-5H3,(H,32,35)(H,33,34). The number of rotatable bonds is 11. The summed E-state index contributed by atoms with van der Waals surface area (Å²) in [4.78, 5) is 41.5. The molecule has 218 valence electrons. The number of benzene rings is 2. The fraction of sp³-hybridized carbons (Fsp3) is 0.387. The number of thiophene rings is 1. The minimum atomic E-state index is -0.414. The van der Waals surface area contributed by atoms with Gasteiger partial charge in [-0.25, -0.2) is 4.79 Å². The molecule has 1 aromatic heterocycles. The number of thioether (sulfide) groups is 1. The van der Waals surface area contributed by atoms with Gasteiger partial charge in [0.1, 0.15) is 22.1 Å². The second-order valence-corrected chi connectivity index (χ2v) is 12.2. The Labute approximate surface area is 249 Å². The van der Waals surface area contributed by atoms with Gasteiger partial charge in [-0.3, -0.25) is 9.59 Å². The summed E-state index contributed by atoms with van der Waals surface area (Å²) in [6.07, 6.45) is 3.28. The molecule has 2 aromatic carbocycles. The van der Waals surface area contributed by atoms with Gasteiger partial charge in [-0.15, -0.1) is 23.1 Å². The summed E-state index contributed by atoms with van der Waals surface area (Å²) in [5.74, 6) is 0.418. The number of carbonyl (C=O) groups is 3. The van der Waals surface area contributed by atoms with E-state index in [-0.39, 0.29) is 24.4 Å². The first-order valence-electron chi connectivity index (χ1n) is 13.7. The lowest BCUT2D eigenvalue weighted by atomic mass is 9.88. The van der Waals surface area contributed by atoms with Gasteiger partial charge < -0.3 is 24.8 Å². The second-order valence-electron chi connectivity index (χ2n) is 9.80. The van der Waals surface area contributed by atoms with Gasteiger partial charge in [0.05, 0.1) is 31.6 Å². The van der Waals surface area contributed by atoms with Gasteiger partial charge >= 0.3 is 5.97 Å². The third-order valence-electron chi connectivity index (χ3n) is 6.92. The molecule has 2 amide bonds. The van der Waals surface area contributed by atoms with Gasteiger partial charge in [0.15, 0.2) is 0 Å². The molecule has 0 spiro atoms. The fourth-order valence-electron chi connectivity index (χ4n) is 4.85. The van der Waals surface area contributed by atoms with Gasteiger partial charge in [-0.2, -0.15) is 0 Å². The Morgan fingerprint density at radius 1 is 1.02 bits per heavy atom. The van der Waals surface area contributed by atoms with E-state index in [2.05, 4.69) is 17.6 Å². The smallest absolute Gasteiger partial charge is 0.341 e. The van der Waals surface area contributed by atoms with Gasteiger partial charge in [-0.1, -0.05) is 26.0 Å². The van der Waals surface area contributed by atoms with E-state index in [0.717, 1.165) is 34.6 Å². The van der Waals surface area contributed by atoms with Crippen LogP contribution in [0, 0.1) is 5.92 Å². The van der Waals surface area contributed by atoms with Gasteiger partial charge in [0, 0.05) is 15.5 Å². The molecule has 10 heteroatoms. The van der Waals surface area contributed by atoms with Crippen LogP contribution in [0.15, 0.2) is 47.4 Å². The van der Waals surface area contributed by atoms with Crippen LogP contribution in [0.25, 0.3) is 0 Å². The van der Waals surface area contributed by atoms with E-state index in [4.69, 9.17) is 14.2 Å². The molecule has 4 rings (SSSR count). The third-order valence-corrected chi connectivity index (χ3v) is 9.44. The van der Waals surface area contributed by atoms with Crippen molar-refractivity contribution in [1.82, 2.24) is 0 Å². The summed E-state index contributed by atoms with van der Waals surface area (Å²) in [5, 5.41) is 6.11. The Morgan fingerprint density at radius 2 is 1.73 bits per heavy atom. The molecular formula is C31H36N2O6S2. The van der Waals surface area contributed by atoms with E-state index < -0.39 is 5.25 Å². The van der Waals surface area contributed by atoms with Crippen molar-refractivity contribution in [2.75, 3.05) is 31.5 Å². The molecule has 2 atom stereocenters. The number of hydrogen-bond acceptors (Lipinski definition) is 8. The van der Waals surface area contributed by atoms with Crippen molar-refractivity contribution in [1.29, 1.82) is 0 Å². The quantitative estimate of drug-likeness (QED) is 0.185. The molecule has 0 bridgehead atoms. The molecule has 3 aromatic rings. The predicted molar refractivity (Wildman–Crippen MR) is 164 cm³/mol. The Balaban J connectivity index is 1.50. The summed E-state index contributed by atoms with van der Waals surface area (Å²) in [7, 11) is 3.00. The van der Waals surface area contributed by atoms with E-state index in [1.165, 1.54) is 37.3 Å². The lowest BCUT2D eigenvalue weighted by Gasteiger charge is -2.18. The Morgan fingerprint density at radius 3 is 2.39 bits per heavy atom. The summed E-state index contributed by atoms with van der Waals surface area (Å²) in [6, 6.07) is 12.5. The van der Waals surface area contributed by atoms with E-state index in [9.17, 15) is 14.4 Å². The summed E-state index contributed by atoms with van der Waals surface area (Å²) in [5.41, 5.74) is 2.39. The number of hydrogen-bond donors (Lipinski definition) is 2. The Kier molecular flexibility index (Phi) is 10.3. The molecule has 1 heterocycles. The molecule has 0 radical (unpaired) electrons. The maximum absolute atomic E-state index is 13.5. The molecule has 8 nitrogen and oxygen atoms in total. The molecule has 2 N–H and O–H groups in total. The number of ether oxygens (including phenoxy) is 3. The molecule has 1 aliphatic rings. The van der Waals surface area contributed by atoms with Crippen LogP contribution in [0.2, 0.25) is 0 Å². The van der Waals surface area contributed by atoms with Crippen molar-refractivity contribution in [2.24, 2.45) is 5.92 Å². The first-order chi connectivity index (χ1) is 19.8. The van der Waals surface area contributed by atoms with Crippen LogP contribution in [0.5, 0.6) is 11.5 Å². The summed E-state index contributed by atoms with van der Waals surface area (Å²) < 4.78 is 16.1. The van der Waals surface area contributed by atoms with E-state index in [0.29, 0.717) is 45.7 Å². The zero-order chi connectivity index (χ0) is 29.5.